The van der Waals surface area contributed by atoms with Crippen LogP contribution in [0.3, 0.4) is 0 Å². The van der Waals surface area contributed by atoms with Crippen molar-refractivity contribution in [3.05, 3.63) is 35.4 Å². The van der Waals surface area contributed by atoms with Crippen molar-refractivity contribution in [3.63, 3.8) is 0 Å². The standard InChI is InChI=1S/C15H18F2N2O2/c1-3-4-13-14(20)18-9(2)15(21)19(13)8-10-5-11(16)7-12(17)6-10/h5-7,9,13H,3-4,8H2,1-2H3,(H,18,20). The van der Waals surface area contributed by atoms with E-state index in [9.17, 15) is 18.4 Å². The van der Waals surface area contributed by atoms with E-state index in [-0.39, 0.29) is 18.4 Å². The third-order valence-electron chi connectivity index (χ3n) is 3.53. The Morgan fingerprint density at radius 3 is 2.38 bits per heavy atom. The average molecular weight is 296 g/mol. The molecule has 1 heterocycles. The zero-order chi connectivity index (χ0) is 15.6. The van der Waals surface area contributed by atoms with Crippen molar-refractivity contribution in [3.8, 4) is 0 Å². The normalized spacial score (nSPS) is 22.4. The van der Waals surface area contributed by atoms with Gasteiger partial charge < -0.3 is 10.2 Å². The zero-order valence-electron chi connectivity index (χ0n) is 12.0. The molecule has 0 bridgehead atoms. The molecule has 0 aromatic heterocycles. The summed E-state index contributed by atoms with van der Waals surface area (Å²) in [6.07, 6.45) is 1.25. The van der Waals surface area contributed by atoms with Crippen LogP contribution in [-0.2, 0) is 16.1 Å². The van der Waals surface area contributed by atoms with Gasteiger partial charge in [0, 0.05) is 12.6 Å². The van der Waals surface area contributed by atoms with Gasteiger partial charge in [-0.1, -0.05) is 13.3 Å². The molecule has 2 amide bonds. The first-order valence-electron chi connectivity index (χ1n) is 6.98. The van der Waals surface area contributed by atoms with Crippen LogP contribution in [0.25, 0.3) is 0 Å². The van der Waals surface area contributed by atoms with E-state index in [4.69, 9.17) is 0 Å². The van der Waals surface area contributed by atoms with Crippen LogP contribution in [0.5, 0.6) is 0 Å². The molecular weight excluding hydrogens is 278 g/mol. The molecule has 6 heteroatoms. The van der Waals surface area contributed by atoms with E-state index in [0.717, 1.165) is 12.5 Å². The average Bonchev–Trinajstić information content (AvgIpc) is 2.39. The smallest absolute Gasteiger partial charge is 0.245 e. The second kappa shape index (κ2) is 6.20. The van der Waals surface area contributed by atoms with Crippen molar-refractivity contribution in [1.29, 1.82) is 0 Å². The highest BCUT2D eigenvalue weighted by atomic mass is 19.1. The molecule has 2 rings (SSSR count). The second-order valence-corrected chi connectivity index (χ2v) is 5.28. The topological polar surface area (TPSA) is 49.4 Å². The summed E-state index contributed by atoms with van der Waals surface area (Å²) in [5.41, 5.74) is 0.337. The van der Waals surface area contributed by atoms with Crippen LogP contribution < -0.4 is 5.32 Å². The Balaban J connectivity index is 2.27. The first-order valence-corrected chi connectivity index (χ1v) is 6.98. The summed E-state index contributed by atoms with van der Waals surface area (Å²) in [7, 11) is 0. The van der Waals surface area contributed by atoms with Crippen LogP contribution >= 0.6 is 0 Å². The number of halogens is 2. The molecule has 4 nitrogen and oxygen atoms in total. The number of rotatable bonds is 4. The number of amides is 2. The minimum atomic E-state index is -0.695. The maximum atomic E-state index is 13.3. The van der Waals surface area contributed by atoms with Crippen LogP contribution in [-0.4, -0.2) is 28.8 Å². The molecule has 1 fully saturated rings. The Morgan fingerprint density at radius 1 is 1.19 bits per heavy atom. The third-order valence-corrected chi connectivity index (χ3v) is 3.53. The van der Waals surface area contributed by atoms with Crippen molar-refractivity contribution in [2.45, 2.75) is 45.3 Å². The molecule has 2 unspecified atom stereocenters. The van der Waals surface area contributed by atoms with Crippen LogP contribution in [0.1, 0.15) is 32.3 Å². The second-order valence-electron chi connectivity index (χ2n) is 5.28. The van der Waals surface area contributed by atoms with Gasteiger partial charge in [0.15, 0.2) is 0 Å². The maximum Gasteiger partial charge on any atom is 0.245 e. The van der Waals surface area contributed by atoms with Crippen molar-refractivity contribution in [2.24, 2.45) is 0 Å². The number of carbonyl (C=O) groups excluding carboxylic acids is 2. The quantitative estimate of drug-likeness (QED) is 0.923. The van der Waals surface area contributed by atoms with E-state index in [1.54, 1.807) is 6.92 Å². The molecule has 0 saturated carbocycles. The van der Waals surface area contributed by atoms with Gasteiger partial charge in [-0.05, 0) is 31.0 Å². The number of carbonyl (C=O) groups is 2. The van der Waals surface area contributed by atoms with E-state index >= 15 is 0 Å². The van der Waals surface area contributed by atoms with E-state index in [1.165, 1.54) is 17.0 Å². The fourth-order valence-corrected chi connectivity index (χ4v) is 2.56. The van der Waals surface area contributed by atoms with E-state index in [2.05, 4.69) is 5.32 Å². The van der Waals surface area contributed by atoms with Gasteiger partial charge in [0.1, 0.15) is 23.7 Å². The summed E-state index contributed by atoms with van der Waals surface area (Å²) in [6.45, 7) is 3.54. The van der Waals surface area contributed by atoms with Crippen LogP contribution in [0, 0.1) is 11.6 Å². The van der Waals surface area contributed by atoms with Crippen LogP contribution in [0.2, 0.25) is 0 Å². The molecule has 1 N–H and O–H groups in total. The Morgan fingerprint density at radius 2 is 1.81 bits per heavy atom. The molecule has 0 spiro atoms. The lowest BCUT2D eigenvalue weighted by Crippen LogP contribution is -2.61. The van der Waals surface area contributed by atoms with Crippen LogP contribution in [0.4, 0.5) is 8.78 Å². The van der Waals surface area contributed by atoms with E-state index < -0.39 is 23.7 Å². The molecule has 21 heavy (non-hydrogen) atoms. The fourth-order valence-electron chi connectivity index (χ4n) is 2.56. The molecule has 1 aromatic carbocycles. The van der Waals surface area contributed by atoms with Crippen molar-refractivity contribution in [1.82, 2.24) is 10.2 Å². The Kier molecular flexibility index (Phi) is 4.55. The predicted octanol–water partition coefficient (Wildman–Crippen LogP) is 1.98. The number of benzene rings is 1. The molecule has 1 aliphatic rings. The molecule has 0 aliphatic carbocycles. The minimum Gasteiger partial charge on any atom is -0.343 e. The number of nitrogens with one attached hydrogen (secondary N) is 1. The number of piperazine rings is 1. The van der Waals surface area contributed by atoms with Crippen molar-refractivity contribution < 1.29 is 18.4 Å². The largest absolute Gasteiger partial charge is 0.343 e. The monoisotopic (exact) mass is 296 g/mol. The van der Waals surface area contributed by atoms with Gasteiger partial charge in [-0.3, -0.25) is 9.59 Å². The first-order chi connectivity index (χ1) is 9.92. The molecule has 1 aromatic rings. The van der Waals surface area contributed by atoms with Gasteiger partial charge in [0.2, 0.25) is 11.8 Å². The van der Waals surface area contributed by atoms with Crippen molar-refractivity contribution >= 4 is 11.8 Å². The summed E-state index contributed by atoms with van der Waals surface area (Å²) in [6, 6.07) is 1.92. The summed E-state index contributed by atoms with van der Waals surface area (Å²) in [5.74, 6) is -1.85. The van der Waals surface area contributed by atoms with Gasteiger partial charge >= 0.3 is 0 Å². The first kappa shape index (κ1) is 15.4. The van der Waals surface area contributed by atoms with Gasteiger partial charge in [-0.2, -0.15) is 0 Å². The SMILES string of the molecule is CCCC1C(=O)NC(C)C(=O)N1Cc1cc(F)cc(F)c1. The highest BCUT2D eigenvalue weighted by molar-refractivity contribution is 5.96. The van der Waals surface area contributed by atoms with Crippen LogP contribution in [0.15, 0.2) is 18.2 Å². The third kappa shape index (κ3) is 3.37. The molecule has 114 valence electrons. The molecule has 2 atom stereocenters. The Hall–Kier alpha value is -1.98. The summed E-state index contributed by atoms with van der Waals surface area (Å²) < 4.78 is 26.5. The van der Waals surface area contributed by atoms with Gasteiger partial charge in [-0.15, -0.1) is 0 Å². The maximum absolute atomic E-state index is 13.3. The highest BCUT2D eigenvalue weighted by Gasteiger charge is 2.37. The lowest BCUT2D eigenvalue weighted by molar-refractivity contribution is -0.149. The lowest BCUT2D eigenvalue weighted by Gasteiger charge is -2.38. The highest BCUT2D eigenvalue weighted by Crippen LogP contribution is 2.19. The molecule has 1 aliphatic heterocycles. The number of nitrogens with zero attached hydrogens (tertiary/aromatic N) is 1. The van der Waals surface area contributed by atoms with Gasteiger partial charge in [0.05, 0.1) is 0 Å². The zero-order valence-corrected chi connectivity index (χ0v) is 12.0. The molecule has 0 radical (unpaired) electrons. The number of hydrogen-bond donors (Lipinski definition) is 1. The predicted molar refractivity (Wildman–Crippen MR) is 73.2 cm³/mol. The Bertz CT molecular complexity index is 542. The van der Waals surface area contributed by atoms with Crippen molar-refractivity contribution in [2.75, 3.05) is 0 Å². The van der Waals surface area contributed by atoms with Gasteiger partial charge in [-0.25, -0.2) is 8.78 Å². The van der Waals surface area contributed by atoms with Gasteiger partial charge in [0.25, 0.3) is 0 Å². The summed E-state index contributed by atoms with van der Waals surface area (Å²) >= 11 is 0. The van der Waals surface area contributed by atoms with E-state index in [0.29, 0.717) is 12.0 Å². The molecule has 1 saturated heterocycles. The van der Waals surface area contributed by atoms with E-state index in [1.807, 2.05) is 6.92 Å². The lowest BCUT2D eigenvalue weighted by atomic mass is 10.0. The molecular formula is C15H18F2N2O2. The summed E-state index contributed by atoms with van der Waals surface area (Å²) in [4.78, 5) is 25.7. The minimum absolute atomic E-state index is 0.0237. The summed E-state index contributed by atoms with van der Waals surface area (Å²) in [5, 5.41) is 2.62. The fraction of sp³-hybridized carbons (Fsp3) is 0.467. The Labute approximate surface area is 122 Å². The number of hydrogen-bond acceptors (Lipinski definition) is 2.